The zero-order chi connectivity index (χ0) is 19.6. The van der Waals surface area contributed by atoms with Crippen LogP contribution in [0.3, 0.4) is 0 Å². The highest BCUT2D eigenvalue weighted by molar-refractivity contribution is 5.99. The summed E-state index contributed by atoms with van der Waals surface area (Å²) < 4.78 is 48.1. The molecule has 0 saturated heterocycles. The molecule has 140 valence electrons. The van der Waals surface area contributed by atoms with E-state index < -0.39 is 29.6 Å². The summed E-state index contributed by atoms with van der Waals surface area (Å²) in [6, 6.07) is 4.30. The van der Waals surface area contributed by atoms with Gasteiger partial charge in [-0.3, -0.25) is 0 Å². The Morgan fingerprint density at radius 2 is 1.35 bits per heavy atom. The van der Waals surface area contributed by atoms with Crippen LogP contribution in [0.2, 0.25) is 0 Å². The fourth-order valence-corrected chi connectivity index (χ4v) is 2.95. The van der Waals surface area contributed by atoms with Crippen LogP contribution >= 0.6 is 0 Å². The van der Waals surface area contributed by atoms with Gasteiger partial charge in [-0.25, -0.2) is 9.59 Å². The summed E-state index contributed by atoms with van der Waals surface area (Å²) in [6.07, 6.45) is -4.49. The highest BCUT2D eigenvalue weighted by Crippen LogP contribution is 2.40. The van der Waals surface area contributed by atoms with Crippen molar-refractivity contribution in [3.8, 4) is 0 Å². The third-order valence-corrected chi connectivity index (χ3v) is 4.14. The average molecular weight is 369 g/mol. The van der Waals surface area contributed by atoms with E-state index in [1.807, 2.05) is 0 Å². The molecule has 0 aliphatic carbocycles. The molecule has 0 radical (unpaired) electrons. The summed E-state index contributed by atoms with van der Waals surface area (Å²) >= 11 is 0. The van der Waals surface area contributed by atoms with E-state index in [0.29, 0.717) is 17.0 Å². The van der Waals surface area contributed by atoms with Crippen molar-refractivity contribution in [2.45, 2.75) is 25.9 Å². The Morgan fingerprint density at radius 1 is 0.923 bits per heavy atom. The molecule has 1 aromatic carbocycles. The lowest BCUT2D eigenvalue weighted by atomic mass is 9.80. The normalized spacial score (nSPS) is 15.7. The van der Waals surface area contributed by atoms with Crippen molar-refractivity contribution in [3.63, 3.8) is 0 Å². The predicted octanol–water partition coefficient (Wildman–Crippen LogP) is 3.29. The van der Waals surface area contributed by atoms with E-state index in [4.69, 9.17) is 9.47 Å². The van der Waals surface area contributed by atoms with Crippen LogP contribution in [0.5, 0.6) is 0 Å². The molecular weight excluding hydrogens is 351 g/mol. The summed E-state index contributed by atoms with van der Waals surface area (Å²) in [5.74, 6) is -2.28. The van der Waals surface area contributed by atoms with Gasteiger partial charge in [0.05, 0.1) is 36.8 Å². The van der Waals surface area contributed by atoms with Crippen molar-refractivity contribution in [2.24, 2.45) is 0 Å². The second-order valence-electron chi connectivity index (χ2n) is 5.74. The molecule has 5 nitrogen and oxygen atoms in total. The van der Waals surface area contributed by atoms with Gasteiger partial charge in [-0.15, -0.1) is 0 Å². The highest BCUT2D eigenvalue weighted by atomic mass is 19.4. The molecule has 0 amide bonds. The van der Waals surface area contributed by atoms with E-state index in [-0.39, 0.29) is 11.1 Å². The number of esters is 2. The van der Waals surface area contributed by atoms with Gasteiger partial charge < -0.3 is 14.8 Å². The molecule has 1 N–H and O–H groups in total. The van der Waals surface area contributed by atoms with Crippen molar-refractivity contribution >= 4 is 11.9 Å². The number of allylic oxidation sites excluding steroid dienone is 2. The third-order valence-electron chi connectivity index (χ3n) is 4.14. The number of rotatable bonds is 3. The number of alkyl halides is 3. The van der Waals surface area contributed by atoms with Crippen LogP contribution in [0.15, 0.2) is 46.8 Å². The molecule has 0 spiro atoms. The summed E-state index contributed by atoms with van der Waals surface area (Å²) in [4.78, 5) is 24.6. The van der Waals surface area contributed by atoms with Crippen LogP contribution < -0.4 is 5.32 Å². The minimum absolute atomic E-state index is 0.137. The van der Waals surface area contributed by atoms with E-state index in [1.165, 1.54) is 26.4 Å². The van der Waals surface area contributed by atoms with Gasteiger partial charge in [-0.2, -0.15) is 13.2 Å². The van der Waals surface area contributed by atoms with Crippen LogP contribution in [-0.4, -0.2) is 26.2 Å². The number of carbonyl (C=O) groups excluding carboxylic acids is 2. The zero-order valence-electron chi connectivity index (χ0n) is 14.7. The largest absolute Gasteiger partial charge is 0.466 e. The first-order valence-electron chi connectivity index (χ1n) is 7.64. The second-order valence-corrected chi connectivity index (χ2v) is 5.74. The van der Waals surface area contributed by atoms with Crippen molar-refractivity contribution in [2.75, 3.05) is 14.2 Å². The maximum absolute atomic E-state index is 12.8. The molecule has 26 heavy (non-hydrogen) atoms. The lowest BCUT2D eigenvalue weighted by Gasteiger charge is -2.30. The molecule has 1 aliphatic heterocycles. The van der Waals surface area contributed by atoms with Crippen LogP contribution in [0.1, 0.15) is 30.9 Å². The van der Waals surface area contributed by atoms with Gasteiger partial charge in [0.25, 0.3) is 0 Å². The number of dihydropyridines is 1. The second kappa shape index (κ2) is 7.23. The monoisotopic (exact) mass is 369 g/mol. The lowest BCUT2D eigenvalue weighted by Crippen LogP contribution is -2.32. The van der Waals surface area contributed by atoms with Crippen LogP contribution in [0.25, 0.3) is 0 Å². The van der Waals surface area contributed by atoms with Gasteiger partial charge in [0, 0.05) is 11.4 Å². The summed E-state index contributed by atoms with van der Waals surface area (Å²) in [5, 5.41) is 2.92. The molecule has 2 rings (SSSR count). The minimum atomic E-state index is -4.49. The van der Waals surface area contributed by atoms with Crippen LogP contribution in [0.4, 0.5) is 13.2 Å². The van der Waals surface area contributed by atoms with Crippen LogP contribution in [0, 0.1) is 0 Å². The van der Waals surface area contributed by atoms with E-state index in [1.54, 1.807) is 13.8 Å². The summed E-state index contributed by atoms with van der Waals surface area (Å²) in [6.45, 7) is 3.25. The number of methoxy groups -OCH3 is 2. The lowest BCUT2D eigenvalue weighted by molar-refractivity contribution is -0.138. The predicted molar refractivity (Wildman–Crippen MR) is 86.8 cm³/mol. The Kier molecular flexibility index (Phi) is 5.44. The van der Waals surface area contributed by atoms with Gasteiger partial charge >= 0.3 is 18.1 Å². The Balaban J connectivity index is 2.64. The maximum atomic E-state index is 12.8. The van der Waals surface area contributed by atoms with E-state index >= 15 is 0 Å². The molecule has 0 fully saturated rings. The quantitative estimate of drug-likeness (QED) is 0.829. The first-order chi connectivity index (χ1) is 12.1. The molecule has 0 aromatic heterocycles. The molecular formula is C18H18F3NO4. The van der Waals surface area contributed by atoms with Crippen LogP contribution in [-0.2, 0) is 25.2 Å². The topological polar surface area (TPSA) is 64.6 Å². The van der Waals surface area contributed by atoms with Crippen molar-refractivity contribution in [1.82, 2.24) is 5.32 Å². The molecule has 0 bridgehead atoms. The Hall–Kier alpha value is -2.77. The number of ether oxygens (including phenoxy) is 2. The molecule has 1 aliphatic rings. The number of carbonyl (C=O) groups is 2. The number of benzene rings is 1. The smallest absolute Gasteiger partial charge is 0.416 e. The highest BCUT2D eigenvalue weighted by Gasteiger charge is 2.38. The van der Waals surface area contributed by atoms with E-state index in [2.05, 4.69) is 5.32 Å². The third kappa shape index (κ3) is 3.58. The van der Waals surface area contributed by atoms with Gasteiger partial charge in [-0.1, -0.05) is 12.1 Å². The number of halogens is 3. The first kappa shape index (κ1) is 19.6. The molecule has 1 heterocycles. The van der Waals surface area contributed by atoms with Gasteiger partial charge in [0.1, 0.15) is 0 Å². The molecule has 0 atom stereocenters. The van der Waals surface area contributed by atoms with Gasteiger partial charge in [-0.05, 0) is 31.5 Å². The SMILES string of the molecule is COC(=O)C1=C(C)NC(C)=C(C(=O)OC)C1c1ccc(C(F)(F)F)cc1. The van der Waals surface area contributed by atoms with Crippen molar-refractivity contribution in [1.29, 1.82) is 0 Å². The average Bonchev–Trinajstić information content (AvgIpc) is 2.59. The fraction of sp³-hybridized carbons (Fsp3) is 0.333. The summed E-state index contributed by atoms with van der Waals surface area (Å²) in [7, 11) is 2.38. The zero-order valence-corrected chi connectivity index (χ0v) is 14.7. The molecule has 1 aromatic rings. The van der Waals surface area contributed by atoms with Gasteiger partial charge in [0.15, 0.2) is 0 Å². The number of hydrogen-bond donors (Lipinski definition) is 1. The summed E-state index contributed by atoms with van der Waals surface area (Å²) in [5.41, 5.74) is 0.699. The minimum Gasteiger partial charge on any atom is -0.466 e. The molecule has 8 heteroatoms. The van der Waals surface area contributed by atoms with Crippen molar-refractivity contribution in [3.05, 3.63) is 57.9 Å². The van der Waals surface area contributed by atoms with Crippen molar-refractivity contribution < 1.29 is 32.2 Å². The first-order valence-corrected chi connectivity index (χ1v) is 7.64. The van der Waals surface area contributed by atoms with E-state index in [9.17, 15) is 22.8 Å². The number of hydrogen-bond acceptors (Lipinski definition) is 5. The Morgan fingerprint density at radius 3 is 1.69 bits per heavy atom. The molecule has 0 saturated carbocycles. The molecule has 0 unspecified atom stereocenters. The fourth-order valence-electron chi connectivity index (χ4n) is 2.95. The Bertz CT molecular complexity index is 754. The number of nitrogens with one attached hydrogen (secondary N) is 1. The Labute approximate surface area is 148 Å². The van der Waals surface area contributed by atoms with E-state index in [0.717, 1.165) is 12.1 Å². The maximum Gasteiger partial charge on any atom is 0.416 e. The van der Waals surface area contributed by atoms with Gasteiger partial charge in [0.2, 0.25) is 0 Å². The standard InChI is InChI=1S/C18H18F3NO4/c1-9-13(16(23)25-3)15(14(10(2)22-9)17(24)26-4)11-5-7-12(8-6-11)18(19,20)21/h5-8,15,22H,1-4H3.